The van der Waals surface area contributed by atoms with Crippen molar-refractivity contribution < 1.29 is 0 Å². The third-order valence-corrected chi connectivity index (χ3v) is 3.69. The van der Waals surface area contributed by atoms with E-state index in [1.165, 1.54) is 0 Å². The van der Waals surface area contributed by atoms with Gasteiger partial charge in [0, 0.05) is 40.6 Å². The lowest BCUT2D eigenvalue weighted by atomic mass is 10.1. The fourth-order valence-corrected chi connectivity index (χ4v) is 2.62. The second kappa shape index (κ2) is 7.53. The van der Waals surface area contributed by atoms with Gasteiger partial charge in [-0.3, -0.25) is 0 Å². The SMILES string of the molecule is CCCNc1cc(NC(C)c2ccc(Cl)cc2Cl)ccn1. The second-order valence-electron chi connectivity index (χ2n) is 4.89. The third-order valence-electron chi connectivity index (χ3n) is 3.13. The summed E-state index contributed by atoms with van der Waals surface area (Å²) in [4.78, 5) is 4.29. The Balaban J connectivity index is 2.10. The predicted octanol–water partition coefficient (Wildman–Crippen LogP) is 5.38. The van der Waals surface area contributed by atoms with Gasteiger partial charge in [-0.2, -0.15) is 0 Å². The summed E-state index contributed by atoms with van der Waals surface area (Å²) in [7, 11) is 0. The fourth-order valence-electron chi connectivity index (χ4n) is 2.05. The summed E-state index contributed by atoms with van der Waals surface area (Å²) in [5, 5.41) is 8.01. The number of anilines is 2. The minimum Gasteiger partial charge on any atom is -0.378 e. The van der Waals surface area contributed by atoms with Crippen molar-refractivity contribution in [2.45, 2.75) is 26.3 Å². The van der Waals surface area contributed by atoms with Crippen LogP contribution >= 0.6 is 23.2 Å². The molecule has 1 unspecified atom stereocenters. The molecule has 21 heavy (non-hydrogen) atoms. The van der Waals surface area contributed by atoms with Gasteiger partial charge in [-0.15, -0.1) is 0 Å². The molecule has 1 aromatic carbocycles. The molecule has 0 fully saturated rings. The highest BCUT2D eigenvalue weighted by Gasteiger charge is 2.10. The second-order valence-corrected chi connectivity index (χ2v) is 5.73. The van der Waals surface area contributed by atoms with Gasteiger partial charge in [0.2, 0.25) is 0 Å². The Morgan fingerprint density at radius 3 is 2.71 bits per heavy atom. The maximum atomic E-state index is 6.24. The van der Waals surface area contributed by atoms with Crippen LogP contribution in [0.4, 0.5) is 11.5 Å². The van der Waals surface area contributed by atoms with Crippen molar-refractivity contribution in [3.63, 3.8) is 0 Å². The number of halogens is 2. The van der Waals surface area contributed by atoms with Gasteiger partial charge in [0.15, 0.2) is 0 Å². The molecule has 0 aliphatic carbocycles. The number of pyridine rings is 1. The van der Waals surface area contributed by atoms with Gasteiger partial charge in [-0.1, -0.05) is 36.2 Å². The Morgan fingerprint density at radius 2 is 2.00 bits per heavy atom. The standard InChI is InChI=1S/C16H19Cl2N3/c1-3-7-19-16-10-13(6-8-20-16)21-11(2)14-5-4-12(17)9-15(14)18/h4-6,8-11H,3,7H2,1-2H3,(H2,19,20,21). The summed E-state index contributed by atoms with van der Waals surface area (Å²) < 4.78 is 0. The molecule has 0 amide bonds. The zero-order valence-electron chi connectivity index (χ0n) is 12.2. The normalized spacial score (nSPS) is 12.0. The average molecular weight is 324 g/mol. The molecule has 0 spiro atoms. The maximum absolute atomic E-state index is 6.24. The first-order valence-electron chi connectivity index (χ1n) is 7.01. The van der Waals surface area contributed by atoms with E-state index in [-0.39, 0.29) is 6.04 Å². The quantitative estimate of drug-likeness (QED) is 0.748. The highest BCUT2D eigenvalue weighted by atomic mass is 35.5. The number of hydrogen-bond donors (Lipinski definition) is 2. The first-order valence-corrected chi connectivity index (χ1v) is 7.77. The van der Waals surface area contributed by atoms with E-state index in [0.717, 1.165) is 30.0 Å². The van der Waals surface area contributed by atoms with Crippen molar-refractivity contribution >= 4 is 34.7 Å². The molecule has 0 aliphatic heterocycles. The molecule has 2 aromatic rings. The number of aromatic nitrogens is 1. The van der Waals surface area contributed by atoms with E-state index in [4.69, 9.17) is 23.2 Å². The molecular formula is C16H19Cl2N3. The zero-order chi connectivity index (χ0) is 15.2. The number of rotatable bonds is 6. The summed E-state index contributed by atoms with van der Waals surface area (Å²) in [6.07, 6.45) is 2.85. The van der Waals surface area contributed by atoms with Crippen molar-refractivity contribution in [2.24, 2.45) is 0 Å². The van der Waals surface area contributed by atoms with Gasteiger partial charge < -0.3 is 10.6 Å². The van der Waals surface area contributed by atoms with Gasteiger partial charge in [0.1, 0.15) is 5.82 Å². The van der Waals surface area contributed by atoms with E-state index in [1.54, 1.807) is 12.3 Å². The Hall–Kier alpha value is -1.45. The Bertz CT molecular complexity index is 602. The van der Waals surface area contributed by atoms with Crippen molar-refractivity contribution in [3.05, 3.63) is 52.1 Å². The monoisotopic (exact) mass is 323 g/mol. The summed E-state index contributed by atoms with van der Waals surface area (Å²) in [6.45, 7) is 5.10. The van der Waals surface area contributed by atoms with Gasteiger partial charge in [0.05, 0.1) is 0 Å². The molecule has 112 valence electrons. The van der Waals surface area contributed by atoms with Gasteiger partial charge in [-0.05, 0) is 37.1 Å². The number of benzene rings is 1. The lowest BCUT2D eigenvalue weighted by Crippen LogP contribution is -2.08. The first-order chi connectivity index (χ1) is 10.1. The molecule has 0 saturated carbocycles. The lowest BCUT2D eigenvalue weighted by molar-refractivity contribution is 0.884. The molecule has 1 atom stereocenters. The van der Waals surface area contributed by atoms with Crippen molar-refractivity contribution in [2.75, 3.05) is 17.2 Å². The van der Waals surface area contributed by atoms with Crippen LogP contribution in [0.5, 0.6) is 0 Å². The van der Waals surface area contributed by atoms with Gasteiger partial charge in [0.25, 0.3) is 0 Å². The van der Waals surface area contributed by atoms with E-state index < -0.39 is 0 Å². The molecule has 1 aromatic heterocycles. The lowest BCUT2D eigenvalue weighted by Gasteiger charge is -2.17. The smallest absolute Gasteiger partial charge is 0.127 e. The van der Waals surface area contributed by atoms with Gasteiger partial charge >= 0.3 is 0 Å². The first kappa shape index (κ1) is 15.9. The molecule has 0 saturated heterocycles. The summed E-state index contributed by atoms with van der Waals surface area (Å²) in [6, 6.07) is 9.57. The summed E-state index contributed by atoms with van der Waals surface area (Å²) in [5.74, 6) is 0.872. The summed E-state index contributed by atoms with van der Waals surface area (Å²) >= 11 is 12.2. The van der Waals surface area contributed by atoms with Crippen molar-refractivity contribution in [1.29, 1.82) is 0 Å². The van der Waals surface area contributed by atoms with Crippen LogP contribution in [0.1, 0.15) is 31.9 Å². The van der Waals surface area contributed by atoms with Gasteiger partial charge in [-0.25, -0.2) is 4.98 Å². The molecule has 2 rings (SSSR count). The Labute approximate surface area is 135 Å². The molecule has 0 bridgehead atoms. The predicted molar refractivity (Wildman–Crippen MR) is 91.5 cm³/mol. The number of hydrogen-bond acceptors (Lipinski definition) is 3. The molecule has 0 radical (unpaired) electrons. The van der Waals surface area contributed by atoms with Crippen LogP contribution < -0.4 is 10.6 Å². The van der Waals surface area contributed by atoms with Crippen molar-refractivity contribution in [3.8, 4) is 0 Å². The van der Waals surface area contributed by atoms with Crippen LogP contribution in [0.25, 0.3) is 0 Å². The highest BCUT2D eigenvalue weighted by molar-refractivity contribution is 6.35. The minimum absolute atomic E-state index is 0.0798. The zero-order valence-corrected chi connectivity index (χ0v) is 13.7. The van der Waals surface area contributed by atoms with Crippen LogP contribution in [0.2, 0.25) is 10.0 Å². The Kier molecular flexibility index (Phi) is 5.71. The van der Waals surface area contributed by atoms with Crippen LogP contribution in [-0.4, -0.2) is 11.5 Å². The molecular weight excluding hydrogens is 305 g/mol. The minimum atomic E-state index is 0.0798. The topological polar surface area (TPSA) is 37.0 Å². The molecule has 5 heteroatoms. The van der Waals surface area contributed by atoms with Crippen molar-refractivity contribution in [1.82, 2.24) is 4.98 Å². The number of nitrogens with zero attached hydrogens (tertiary/aromatic N) is 1. The molecule has 0 aliphatic rings. The largest absolute Gasteiger partial charge is 0.378 e. The highest BCUT2D eigenvalue weighted by Crippen LogP contribution is 2.28. The molecule has 3 nitrogen and oxygen atoms in total. The number of nitrogens with one attached hydrogen (secondary N) is 2. The molecule has 2 N–H and O–H groups in total. The summed E-state index contributed by atoms with van der Waals surface area (Å²) in [5.41, 5.74) is 2.02. The Morgan fingerprint density at radius 1 is 1.19 bits per heavy atom. The maximum Gasteiger partial charge on any atom is 0.127 e. The van der Waals surface area contributed by atoms with E-state index >= 15 is 0 Å². The fraction of sp³-hybridized carbons (Fsp3) is 0.312. The van der Waals surface area contributed by atoms with E-state index in [9.17, 15) is 0 Å². The van der Waals surface area contributed by atoms with Crippen LogP contribution in [0.3, 0.4) is 0 Å². The average Bonchev–Trinajstić information content (AvgIpc) is 2.45. The van der Waals surface area contributed by atoms with Crippen LogP contribution in [0, 0.1) is 0 Å². The van der Waals surface area contributed by atoms with E-state index in [0.29, 0.717) is 10.0 Å². The van der Waals surface area contributed by atoms with E-state index in [1.807, 2.05) is 24.3 Å². The van der Waals surface area contributed by atoms with Crippen LogP contribution in [-0.2, 0) is 0 Å². The van der Waals surface area contributed by atoms with E-state index in [2.05, 4.69) is 29.5 Å². The van der Waals surface area contributed by atoms with Crippen LogP contribution in [0.15, 0.2) is 36.5 Å². The molecule has 1 heterocycles. The third kappa shape index (κ3) is 4.51.